The van der Waals surface area contributed by atoms with Gasteiger partial charge in [0.05, 0.1) is 17.2 Å². The number of anilines is 1. The van der Waals surface area contributed by atoms with Crippen LogP contribution in [0.5, 0.6) is 0 Å². The third kappa shape index (κ3) is 4.06. The SMILES string of the molecule is CC(=O)N1CCN(/C(=N\C#N)Nc2cccc3nc(C)ccc23)C(C(C)C)C1. The Morgan fingerprint density at radius 1 is 1.32 bits per heavy atom. The smallest absolute Gasteiger partial charge is 0.219 e. The number of nitrogens with one attached hydrogen (secondary N) is 1. The maximum absolute atomic E-state index is 11.8. The van der Waals surface area contributed by atoms with E-state index in [1.54, 1.807) is 6.92 Å². The number of pyridine rings is 1. The van der Waals surface area contributed by atoms with Crippen molar-refractivity contribution in [2.75, 3.05) is 25.0 Å². The lowest BCUT2D eigenvalue weighted by molar-refractivity contribution is -0.131. The van der Waals surface area contributed by atoms with E-state index in [9.17, 15) is 10.1 Å². The van der Waals surface area contributed by atoms with Crippen LogP contribution in [0.4, 0.5) is 5.69 Å². The summed E-state index contributed by atoms with van der Waals surface area (Å²) >= 11 is 0. The molecular weight excluding hydrogens is 352 g/mol. The molecule has 0 spiro atoms. The highest BCUT2D eigenvalue weighted by Crippen LogP contribution is 2.24. The number of nitriles is 1. The lowest BCUT2D eigenvalue weighted by atomic mass is 9.99. The van der Waals surface area contributed by atoms with Gasteiger partial charge in [0.25, 0.3) is 0 Å². The molecule has 1 unspecified atom stereocenters. The number of rotatable bonds is 2. The van der Waals surface area contributed by atoms with E-state index in [0.29, 0.717) is 31.5 Å². The van der Waals surface area contributed by atoms with Gasteiger partial charge >= 0.3 is 0 Å². The molecule has 7 heteroatoms. The molecule has 0 aliphatic carbocycles. The van der Waals surface area contributed by atoms with E-state index in [0.717, 1.165) is 22.3 Å². The minimum absolute atomic E-state index is 0.0764. The molecule has 1 atom stereocenters. The molecule has 0 saturated carbocycles. The van der Waals surface area contributed by atoms with Crippen molar-refractivity contribution in [2.24, 2.45) is 10.9 Å². The Morgan fingerprint density at radius 2 is 2.11 bits per heavy atom. The molecular formula is C21H26N6O. The molecule has 3 rings (SSSR count). The predicted octanol–water partition coefficient (Wildman–Crippen LogP) is 2.98. The third-order valence-electron chi connectivity index (χ3n) is 5.18. The first-order chi connectivity index (χ1) is 13.4. The van der Waals surface area contributed by atoms with Crippen molar-refractivity contribution in [3.8, 4) is 6.19 Å². The Morgan fingerprint density at radius 3 is 2.79 bits per heavy atom. The summed E-state index contributed by atoms with van der Waals surface area (Å²) in [6.45, 7) is 9.66. The summed E-state index contributed by atoms with van der Waals surface area (Å²) < 4.78 is 0. The first-order valence-corrected chi connectivity index (χ1v) is 9.53. The molecule has 0 bridgehead atoms. The van der Waals surface area contributed by atoms with Crippen LogP contribution in [0.25, 0.3) is 10.9 Å². The van der Waals surface area contributed by atoms with Crippen LogP contribution in [0.1, 0.15) is 26.5 Å². The monoisotopic (exact) mass is 378 g/mol. The second kappa shape index (κ2) is 8.26. The summed E-state index contributed by atoms with van der Waals surface area (Å²) in [5.74, 6) is 0.884. The number of nitrogens with zero attached hydrogens (tertiary/aromatic N) is 5. The van der Waals surface area contributed by atoms with Crippen LogP contribution in [0, 0.1) is 24.3 Å². The largest absolute Gasteiger partial charge is 0.339 e. The first kappa shape index (κ1) is 19.6. The van der Waals surface area contributed by atoms with Crippen molar-refractivity contribution in [1.29, 1.82) is 5.26 Å². The Kier molecular flexibility index (Phi) is 5.78. The third-order valence-corrected chi connectivity index (χ3v) is 5.18. The second-order valence-corrected chi connectivity index (χ2v) is 7.46. The molecule has 2 aromatic rings. The molecule has 1 saturated heterocycles. The second-order valence-electron chi connectivity index (χ2n) is 7.46. The zero-order valence-electron chi connectivity index (χ0n) is 16.8. The number of aliphatic imine (C=N–C) groups is 1. The maximum atomic E-state index is 11.8. The summed E-state index contributed by atoms with van der Waals surface area (Å²) in [6.07, 6.45) is 1.92. The van der Waals surface area contributed by atoms with Gasteiger partial charge in [0.1, 0.15) is 0 Å². The van der Waals surface area contributed by atoms with Gasteiger partial charge in [0.2, 0.25) is 18.1 Å². The summed E-state index contributed by atoms with van der Waals surface area (Å²) in [5, 5.41) is 13.6. The number of benzene rings is 1. The zero-order valence-corrected chi connectivity index (χ0v) is 16.8. The number of guanidine groups is 1. The summed E-state index contributed by atoms with van der Waals surface area (Å²) in [6, 6.07) is 9.94. The highest BCUT2D eigenvalue weighted by Gasteiger charge is 2.32. The van der Waals surface area contributed by atoms with Crippen LogP contribution in [0.15, 0.2) is 35.3 Å². The number of hydrogen-bond donors (Lipinski definition) is 1. The Balaban J connectivity index is 1.93. The van der Waals surface area contributed by atoms with Crippen LogP contribution in [0.2, 0.25) is 0 Å². The Hall–Kier alpha value is -3.14. The molecule has 1 aliphatic rings. The fourth-order valence-corrected chi connectivity index (χ4v) is 3.63. The Labute approximate surface area is 165 Å². The zero-order chi connectivity index (χ0) is 20.3. The van der Waals surface area contributed by atoms with Crippen molar-refractivity contribution >= 4 is 28.5 Å². The van der Waals surface area contributed by atoms with Crippen LogP contribution in [-0.4, -0.2) is 52.3 Å². The van der Waals surface area contributed by atoms with Gasteiger partial charge in [0, 0.05) is 37.6 Å². The van der Waals surface area contributed by atoms with Gasteiger partial charge < -0.3 is 15.1 Å². The maximum Gasteiger partial charge on any atom is 0.219 e. The van der Waals surface area contributed by atoms with Gasteiger partial charge in [0.15, 0.2) is 0 Å². The van der Waals surface area contributed by atoms with Crippen LogP contribution in [-0.2, 0) is 4.79 Å². The molecule has 0 radical (unpaired) electrons. The van der Waals surface area contributed by atoms with Gasteiger partial charge in [-0.15, -0.1) is 4.99 Å². The summed E-state index contributed by atoms with van der Waals surface area (Å²) in [5.41, 5.74) is 2.70. The van der Waals surface area contributed by atoms with E-state index >= 15 is 0 Å². The van der Waals surface area contributed by atoms with Crippen LogP contribution in [0.3, 0.4) is 0 Å². The molecule has 1 amide bonds. The van der Waals surface area contributed by atoms with Crippen molar-refractivity contribution in [3.63, 3.8) is 0 Å². The quantitative estimate of drug-likeness (QED) is 0.493. The highest BCUT2D eigenvalue weighted by molar-refractivity contribution is 6.02. The number of hydrogen-bond acceptors (Lipinski definition) is 4. The molecule has 1 aliphatic heterocycles. The number of amides is 1. The number of fused-ring (bicyclic) bond motifs is 1. The molecule has 2 heterocycles. The number of aromatic nitrogens is 1. The average molecular weight is 378 g/mol. The van der Waals surface area contributed by atoms with Gasteiger partial charge in [-0.2, -0.15) is 5.26 Å². The molecule has 1 fully saturated rings. The fraction of sp³-hybridized carbons (Fsp3) is 0.429. The minimum Gasteiger partial charge on any atom is -0.339 e. The fourth-order valence-electron chi connectivity index (χ4n) is 3.63. The first-order valence-electron chi connectivity index (χ1n) is 9.53. The van der Waals surface area contributed by atoms with E-state index in [2.05, 4.69) is 34.0 Å². The lowest BCUT2D eigenvalue weighted by Gasteiger charge is -2.44. The van der Waals surface area contributed by atoms with E-state index in [1.807, 2.05) is 48.3 Å². The topological polar surface area (TPSA) is 84.6 Å². The van der Waals surface area contributed by atoms with Gasteiger partial charge in [-0.25, -0.2) is 0 Å². The Bertz CT molecular complexity index is 946. The predicted molar refractivity (Wildman–Crippen MR) is 111 cm³/mol. The summed E-state index contributed by atoms with van der Waals surface area (Å²) in [4.78, 5) is 24.5. The van der Waals surface area contributed by atoms with E-state index < -0.39 is 0 Å². The number of carbonyl (C=O) groups is 1. The number of piperazine rings is 1. The van der Waals surface area contributed by atoms with Crippen molar-refractivity contribution in [3.05, 3.63) is 36.0 Å². The van der Waals surface area contributed by atoms with Crippen molar-refractivity contribution in [1.82, 2.24) is 14.8 Å². The van der Waals surface area contributed by atoms with Gasteiger partial charge in [-0.05, 0) is 37.1 Å². The molecule has 28 heavy (non-hydrogen) atoms. The molecule has 1 aromatic carbocycles. The molecule has 7 nitrogen and oxygen atoms in total. The minimum atomic E-state index is 0.0764. The van der Waals surface area contributed by atoms with E-state index in [4.69, 9.17) is 0 Å². The van der Waals surface area contributed by atoms with Crippen LogP contribution < -0.4 is 5.32 Å². The van der Waals surface area contributed by atoms with Crippen LogP contribution >= 0.6 is 0 Å². The van der Waals surface area contributed by atoms with Crippen molar-refractivity contribution < 1.29 is 4.79 Å². The van der Waals surface area contributed by atoms with E-state index in [-0.39, 0.29) is 11.9 Å². The molecule has 1 N–H and O–H groups in total. The highest BCUT2D eigenvalue weighted by atomic mass is 16.2. The molecule has 146 valence electrons. The average Bonchev–Trinajstić information content (AvgIpc) is 2.67. The number of carbonyl (C=O) groups excluding carboxylic acids is 1. The lowest BCUT2D eigenvalue weighted by Crippen LogP contribution is -2.59. The standard InChI is InChI=1S/C21H26N6O/c1-14(2)20-12-26(16(4)28)10-11-27(20)21(23-13-22)25-19-7-5-6-18-17(19)9-8-15(3)24-18/h5-9,14,20H,10-12H2,1-4H3,(H,23,25). The van der Waals surface area contributed by atoms with Crippen molar-refractivity contribution in [2.45, 2.75) is 33.7 Å². The molecule has 1 aromatic heterocycles. The van der Waals surface area contributed by atoms with E-state index in [1.165, 1.54) is 0 Å². The van der Waals surface area contributed by atoms with Gasteiger partial charge in [-0.1, -0.05) is 19.9 Å². The normalized spacial score (nSPS) is 17.7. The summed E-state index contributed by atoms with van der Waals surface area (Å²) in [7, 11) is 0. The number of aryl methyl sites for hydroxylation is 1. The van der Waals surface area contributed by atoms with Gasteiger partial charge in [-0.3, -0.25) is 9.78 Å².